The number of amides is 1. The minimum Gasteiger partial charge on any atom is -0.383 e. The number of aliphatic imine (C=N–C) groups is 1. The molecule has 0 aliphatic rings. The highest BCUT2D eigenvalue weighted by molar-refractivity contribution is 9.10. The molecule has 0 fully saturated rings. The maximum atomic E-state index is 11.3. The van der Waals surface area contributed by atoms with E-state index in [1.165, 1.54) is 12.3 Å². The van der Waals surface area contributed by atoms with Crippen LogP contribution in [-0.4, -0.2) is 16.9 Å². The Labute approximate surface area is 88.3 Å². The van der Waals surface area contributed by atoms with Gasteiger partial charge in [0.15, 0.2) is 5.96 Å². The number of nitrogens with two attached hydrogens (primary N) is 3. The van der Waals surface area contributed by atoms with Crippen LogP contribution in [0, 0.1) is 0 Å². The number of anilines is 1. The first kappa shape index (κ1) is 10.5. The molecule has 0 aromatic carbocycles. The molecule has 0 bridgehead atoms. The molecule has 0 radical (unpaired) electrons. The maximum absolute atomic E-state index is 11.3. The Kier molecular flexibility index (Phi) is 3.03. The smallest absolute Gasteiger partial charge is 0.283 e. The molecule has 1 rings (SSSR count). The Morgan fingerprint density at radius 2 is 2.14 bits per heavy atom. The largest absolute Gasteiger partial charge is 0.383 e. The third-order valence-corrected chi connectivity index (χ3v) is 1.78. The zero-order chi connectivity index (χ0) is 10.7. The number of nitrogens with zero attached hydrogens (tertiary/aromatic N) is 2. The summed E-state index contributed by atoms with van der Waals surface area (Å²) in [5.74, 6) is -0.839. The van der Waals surface area contributed by atoms with Crippen LogP contribution in [-0.2, 0) is 0 Å². The van der Waals surface area contributed by atoms with E-state index in [1.807, 2.05) is 0 Å². The average molecular weight is 258 g/mol. The fourth-order valence-corrected chi connectivity index (χ4v) is 1.13. The summed E-state index contributed by atoms with van der Waals surface area (Å²) in [6.45, 7) is 0. The Balaban J connectivity index is 3.12. The lowest BCUT2D eigenvalue weighted by Gasteiger charge is -2.00. The molecule has 1 heterocycles. The number of guanidine groups is 1. The lowest BCUT2D eigenvalue weighted by Crippen LogP contribution is -2.24. The Hall–Kier alpha value is -1.63. The molecule has 0 atom stereocenters. The monoisotopic (exact) mass is 257 g/mol. The third kappa shape index (κ3) is 2.43. The van der Waals surface area contributed by atoms with Crippen LogP contribution < -0.4 is 17.2 Å². The van der Waals surface area contributed by atoms with Crippen LogP contribution in [0.5, 0.6) is 0 Å². The Morgan fingerprint density at radius 1 is 1.50 bits per heavy atom. The van der Waals surface area contributed by atoms with E-state index in [4.69, 9.17) is 17.2 Å². The standard InChI is InChI=1S/C7H8BrN5O/c8-3-1-4(5(9)12-2-3)6(14)13-7(10)11/h1-2H,(H2,9,12)(H4,10,11,13,14). The number of pyridine rings is 1. The molecule has 6 N–H and O–H groups in total. The van der Waals surface area contributed by atoms with Gasteiger partial charge in [-0.05, 0) is 22.0 Å². The van der Waals surface area contributed by atoms with Crippen molar-refractivity contribution in [2.75, 3.05) is 5.73 Å². The molecular weight excluding hydrogens is 250 g/mol. The molecular formula is C7H8BrN5O. The molecule has 0 aliphatic heterocycles. The van der Waals surface area contributed by atoms with E-state index in [0.717, 1.165) is 0 Å². The predicted octanol–water partition coefficient (Wildman–Crippen LogP) is -0.160. The third-order valence-electron chi connectivity index (χ3n) is 1.35. The number of carbonyl (C=O) groups is 1. The zero-order valence-electron chi connectivity index (χ0n) is 7.07. The van der Waals surface area contributed by atoms with E-state index < -0.39 is 5.91 Å². The summed E-state index contributed by atoms with van der Waals surface area (Å²) in [4.78, 5) is 18.4. The first-order chi connectivity index (χ1) is 6.50. The highest BCUT2D eigenvalue weighted by Crippen LogP contribution is 2.16. The number of rotatable bonds is 1. The molecule has 0 saturated carbocycles. The lowest BCUT2D eigenvalue weighted by molar-refractivity contribution is 0.100. The van der Waals surface area contributed by atoms with Gasteiger partial charge in [-0.15, -0.1) is 0 Å². The van der Waals surface area contributed by atoms with Crippen molar-refractivity contribution in [2.24, 2.45) is 16.5 Å². The van der Waals surface area contributed by atoms with Gasteiger partial charge in [-0.2, -0.15) is 4.99 Å². The predicted molar refractivity (Wildman–Crippen MR) is 56.5 cm³/mol. The van der Waals surface area contributed by atoms with E-state index >= 15 is 0 Å². The van der Waals surface area contributed by atoms with Crippen LogP contribution >= 0.6 is 15.9 Å². The number of hydrogen-bond donors (Lipinski definition) is 3. The number of hydrogen-bond acceptors (Lipinski definition) is 3. The molecule has 1 aromatic heterocycles. The van der Waals surface area contributed by atoms with Crippen molar-refractivity contribution in [3.63, 3.8) is 0 Å². The number of aromatic nitrogens is 1. The van der Waals surface area contributed by atoms with Gasteiger partial charge in [0, 0.05) is 10.7 Å². The molecule has 1 aromatic rings. The summed E-state index contributed by atoms with van der Waals surface area (Å²) < 4.78 is 0.626. The second-order valence-electron chi connectivity index (χ2n) is 2.43. The van der Waals surface area contributed by atoms with Crippen molar-refractivity contribution >= 4 is 33.6 Å². The van der Waals surface area contributed by atoms with Gasteiger partial charge in [-0.1, -0.05) is 0 Å². The second-order valence-corrected chi connectivity index (χ2v) is 3.34. The molecule has 74 valence electrons. The van der Waals surface area contributed by atoms with Crippen LogP contribution in [0.25, 0.3) is 0 Å². The average Bonchev–Trinajstić information content (AvgIpc) is 2.08. The van der Waals surface area contributed by atoms with E-state index in [9.17, 15) is 4.79 Å². The molecule has 0 spiro atoms. The molecule has 6 nitrogen and oxygen atoms in total. The second kappa shape index (κ2) is 4.05. The van der Waals surface area contributed by atoms with Gasteiger partial charge in [0.25, 0.3) is 5.91 Å². The summed E-state index contributed by atoms with van der Waals surface area (Å²) >= 11 is 3.15. The normalized spacial score (nSPS) is 9.50. The molecule has 0 saturated heterocycles. The molecule has 0 aliphatic carbocycles. The van der Waals surface area contributed by atoms with Gasteiger partial charge in [0.2, 0.25) is 0 Å². The van der Waals surface area contributed by atoms with Crippen molar-refractivity contribution in [1.82, 2.24) is 4.98 Å². The molecule has 0 unspecified atom stereocenters. The fraction of sp³-hybridized carbons (Fsp3) is 0. The number of carbonyl (C=O) groups excluding carboxylic acids is 1. The summed E-state index contributed by atoms with van der Waals surface area (Å²) in [6.07, 6.45) is 1.47. The van der Waals surface area contributed by atoms with Gasteiger partial charge in [0.05, 0.1) is 5.56 Å². The maximum Gasteiger partial charge on any atom is 0.283 e. The summed E-state index contributed by atoms with van der Waals surface area (Å²) in [7, 11) is 0. The SMILES string of the molecule is NC(N)=NC(=O)c1cc(Br)cnc1N. The Bertz CT molecular complexity index is 399. The van der Waals surface area contributed by atoms with Gasteiger partial charge in [-0.3, -0.25) is 4.79 Å². The van der Waals surface area contributed by atoms with Gasteiger partial charge in [0.1, 0.15) is 5.82 Å². The molecule has 7 heteroatoms. The molecule has 14 heavy (non-hydrogen) atoms. The zero-order valence-corrected chi connectivity index (χ0v) is 8.65. The van der Waals surface area contributed by atoms with E-state index in [0.29, 0.717) is 4.47 Å². The Morgan fingerprint density at radius 3 is 2.71 bits per heavy atom. The first-order valence-electron chi connectivity index (χ1n) is 3.55. The van der Waals surface area contributed by atoms with Crippen molar-refractivity contribution in [1.29, 1.82) is 0 Å². The number of halogens is 1. The summed E-state index contributed by atoms with van der Waals surface area (Å²) in [5, 5.41) is 0. The quantitative estimate of drug-likeness (QED) is 0.477. The minimum atomic E-state index is -0.615. The summed E-state index contributed by atoms with van der Waals surface area (Å²) in [5.41, 5.74) is 15.7. The van der Waals surface area contributed by atoms with Crippen molar-refractivity contribution < 1.29 is 4.79 Å². The van der Waals surface area contributed by atoms with Crippen LogP contribution in [0.1, 0.15) is 10.4 Å². The van der Waals surface area contributed by atoms with Crippen molar-refractivity contribution in [3.8, 4) is 0 Å². The van der Waals surface area contributed by atoms with Gasteiger partial charge >= 0.3 is 0 Å². The highest BCUT2D eigenvalue weighted by atomic mass is 79.9. The highest BCUT2D eigenvalue weighted by Gasteiger charge is 2.10. The summed E-state index contributed by atoms with van der Waals surface area (Å²) in [6, 6.07) is 1.50. The van der Waals surface area contributed by atoms with Crippen LogP contribution in [0.15, 0.2) is 21.7 Å². The van der Waals surface area contributed by atoms with Crippen molar-refractivity contribution in [3.05, 3.63) is 22.3 Å². The van der Waals surface area contributed by atoms with Crippen molar-refractivity contribution in [2.45, 2.75) is 0 Å². The van der Waals surface area contributed by atoms with E-state index in [2.05, 4.69) is 25.9 Å². The van der Waals surface area contributed by atoms with Crippen LogP contribution in [0.3, 0.4) is 0 Å². The minimum absolute atomic E-state index is 0.0863. The van der Waals surface area contributed by atoms with E-state index in [1.54, 1.807) is 0 Å². The van der Waals surface area contributed by atoms with Crippen LogP contribution in [0.4, 0.5) is 5.82 Å². The number of nitrogen functional groups attached to an aromatic ring is 1. The molecule has 1 amide bonds. The van der Waals surface area contributed by atoms with Crippen LogP contribution in [0.2, 0.25) is 0 Å². The van der Waals surface area contributed by atoms with Gasteiger partial charge in [-0.25, -0.2) is 4.98 Å². The van der Waals surface area contributed by atoms with E-state index in [-0.39, 0.29) is 17.3 Å². The lowest BCUT2D eigenvalue weighted by atomic mass is 10.2. The van der Waals surface area contributed by atoms with Gasteiger partial charge < -0.3 is 17.2 Å². The first-order valence-corrected chi connectivity index (χ1v) is 4.35. The fourth-order valence-electron chi connectivity index (χ4n) is 0.799. The topological polar surface area (TPSA) is 120 Å².